The van der Waals surface area contributed by atoms with Crippen molar-refractivity contribution in [1.82, 2.24) is 0 Å². The molecular formula is C11H17NOS. The lowest BCUT2D eigenvalue weighted by Gasteiger charge is -2.13. The summed E-state index contributed by atoms with van der Waals surface area (Å²) in [5.41, 5.74) is 7.34. The van der Waals surface area contributed by atoms with E-state index in [1.165, 1.54) is 18.4 Å². The highest BCUT2D eigenvalue weighted by molar-refractivity contribution is 7.07. The molecule has 0 aliphatic carbocycles. The van der Waals surface area contributed by atoms with Gasteiger partial charge < -0.3 is 10.5 Å². The Bertz CT molecular complexity index is 254. The van der Waals surface area contributed by atoms with Gasteiger partial charge in [-0.1, -0.05) is 0 Å². The molecule has 2 unspecified atom stereocenters. The van der Waals surface area contributed by atoms with Gasteiger partial charge in [0.05, 0.1) is 6.10 Å². The van der Waals surface area contributed by atoms with Crippen LogP contribution >= 0.6 is 11.3 Å². The molecule has 0 amide bonds. The molecule has 14 heavy (non-hydrogen) atoms. The third-order valence-electron chi connectivity index (χ3n) is 2.79. The van der Waals surface area contributed by atoms with Crippen molar-refractivity contribution in [3.8, 4) is 0 Å². The second kappa shape index (κ2) is 4.91. The van der Waals surface area contributed by atoms with Crippen molar-refractivity contribution in [2.45, 2.75) is 37.8 Å². The van der Waals surface area contributed by atoms with Crippen LogP contribution in [0.5, 0.6) is 0 Å². The first-order valence-corrected chi connectivity index (χ1v) is 6.20. The van der Waals surface area contributed by atoms with E-state index in [2.05, 4.69) is 16.8 Å². The summed E-state index contributed by atoms with van der Waals surface area (Å²) < 4.78 is 5.57. The molecule has 2 atom stereocenters. The van der Waals surface area contributed by atoms with E-state index in [9.17, 15) is 0 Å². The molecule has 1 saturated heterocycles. The summed E-state index contributed by atoms with van der Waals surface area (Å²) in [7, 11) is 0. The minimum atomic E-state index is 0.199. The van der Waals surface area contributed by atoms with Gasteiger partial charge in [0.15, 0.2) is 0 Å². The van der Waals surface area contributed by atoms with Crippen LogP contribution in [0.15, 0.2) is 16.8 Å². The Labute approximate surface area is 89.1 Å². The van der Waals surface area contributed by atoms with Gasteiger partial charge in [-0.3, -0.25) is 0 Å². The predicted molar refractivity (Wildman–Crippen MR) is 59.5 cm³/mol. The molecule has 3 heteroatoms. The highest BCUT2D eigenvalue weighted by Crippen LogP contribution is 2.23. The summed E-state index contributed by atoms with van der Waals surface area (Å²) in [6.45, 7) is 0.943. The maximum atomic E-state index is 6.07. The lowest BCUT2D eigenvalue weighted by molar-refractivity contribution is 0.101. The van der Waals surface area contributed by atoms with Crippen molar-refractivity contribution in [3.05, 3.63) is 22.4 Å². The van der Waals surface area contributed by atoms with E-state index in [0.717, 1.165) is 19.4 Å². The Morgan fingerprint density at radius 3 is 3.21 bits per heavy atom. The van der Waals surface area contributed by atoms with E-state index >= 15 is 0 Å². The minimum absolute atomic E-state index is 0.199. The van der Waals surface area contributed by atoms with Crippen LogP contribution in [0.25, 0.3) is 0 Å². The number of ether oxygens (including phenoxy) is 1. The third-order valence-corrected chi connectivity index (χ3v) is 3.50. The first kappa shape index (κ1) is 10.1. The fourth-order valence-corrected chi connectivity index (χ4v) is 2.61. The molecule has 2 N–H and O–H groups in total. The van der Waals surface area contributed by atoms with Crippen LogP contribution in [0.1, 0.15) is 37.3 Å². The molecular weight excluding hydrogens is 194 g/mol. The zero-order valence-corrected chi connectivity index (χ0v) is 9.13. The fourth-order valence-electron chi connectivity index (χ4n) is 1.89. The van der Waals surface area contributed by atoms with Crippen molar-refractivity contribution in [1.29, 1.82) is 0 Å². The van der Waals surface area contributed by atoms with Gasteiger partial charge in [0.2, 0.25) is 0 Å². The lowest BCUT2D eigenvalue weighted by atomic mass is 10.0. The van der Waals surface area contributed by atoms with E-state index < -0.39 is 0 Å². The average Bonchev–Trinajstić information content (AvgIpc) is 2.87. The van der Waals surface area contributed by atoms with E-state index in [1.54, 1.807) is 11.3 Å². The molecule has 2 rings (SSSR count). The first-order valence-electron chi connectivity index (χ1n) is 5.25. The summed E-state index contributed by atoms with van der Waals surface area (Å²) in [4.78, 5) is 0. The summed E-state index contributed by atoms with van der Waals surface area (Å²) in [6, 6.07) is 2.32. The van der Waals surface area contributed by atoms with Crippen LogP contribution < -0.4 is 5.73 Å². The Morgan fingerprint density at radius 1 is 1.64 bits per heavy atom. The zero-order valence-electron chi connectivity index (χ0n) is 8.32. The Hall–Kier alpha value is -0.380. The van der Waals surface area contributed by atoms with Gasteiger partial charge in [0.25, 0.3) is 0 Å². The number of rotatable bonds is 4. The van der Waals surface area contributed by atoms with Crippen LogP contribution in [-0.2, 0) is 4.74 Å². The number of hydrogen-bond acceptors (Lipinski definition) is 3. The number of hydrogen-bond donors (Lipinski definition) is 1. The smallest absolute Gasteiger partial charge is 0.0576 e. The van der Waals surface area contributed by atoms with Crippen LogP contribution in [-0.4, -0.2) is 12.7 Å². The second-order valence-electron chi connectivity index (χ2n) is 3.88. The molecule has 1 fully saturated rings. The van der Waals surface area contributed by atoms with Crippen molar-refractivity contribution in [2.24, 2.45) is 5.73 Å². The topological polar surface area (TPSA) is 35.2 Å². The largest absolute Gasteiger partial charge is 0.378 e. The van der Waals surface area contributed by atoms with Gasteiger partial charge in [-0.25, -0.2) is 0 Å². The van der Waals surface area contributed by atoms with Crippen molar-refractivity contribution < 1.29 is 4.74 Å². The average molecular weight is 211 g/mol. The highest BCUT2D eigenvalue weighted by Gasteiger charge is 2.17. The van der Waals surface area contributed by atoms with Crippen LogP contribution in [0.3, 0.4) is 0 Å². The SMILES string of the molecule is NC(CCC1CCCO1)c1ccsc1. The molecule has 1 aliphatic heterocycles. The summed E-state index contributed by atoms with van der Waals surface area (Å²) >= 11 is 1.71. The molecule has 0 radical (unpaired) electrons. The van der Waals surface area contributed by atoms with Crippen molar-refractivity contribution in [2.75, 3.05) is 6.61 Å². The van der Waals surface area contributed by atoms with Crippen molar-refractivity contribution in [3.63, 3.8) is 0 Å². The van der Waals surface area contributed by atoms with Crippen LogP contribution in [0.4, 0.5) is 0 Å². The molecule has 1 aromatic heterocycles. The fraction of sp³-hybridized carbons (Fsp3) is 0.636. The molecule has 0 bridgehead atoms. The first-order chi connectivity index (χ1) is 6.86. The monoisotopic (exact) mass is 211 g/mol. The van der Waals surface area contributed by atoms with Crippen LogP contribution in [0.2, 0.25) is 0 Å². The summed E-state index contributed by atoms with van der Waals surface area (Å²) in [5, 5.41) is 4.22. The van der Waals surface area contributed by atoms with Gasteiger partial charge in [-0.15, -0.1) is 0 Å². The summed E-state index contributed by atoms with van der Waals surface area (Å²) in [6.07, 6.45) is 5.06. The van der Waals surface area contributed by atoms with E-state index in [1.807, 2.05) is 0 Å². The summed E-state index contributed by atoms with van der Waals surface area (Å²) in [5.74, 6) is 0. The molecule has 1 aliphatic rings. The maximum Gasteiger partial charge on any atom is 0.0576 e. The molecule has 2 nitrogen and oxygen atoms in total. The molecule has 2 heterocycles. The van der Waals surface area contributed by atoms with E-state index in [4.69, 9.17) is 10.5 Å². The van der Waals surface area contributed by atoms with E-state index in [-0.39, 0.29) is 6.04 Å². The van der Waals surface area contributed by atoms with Gasteiger partial charge >= 0.3 is 0 Å². The molecule has 0 spiro atoms. The normalized spacial score (nSPS) is 23.9. The van der Waals surface area contributed by atoms with Gasteiger partial charge in [0.1, 0.15) is 0 Å². The van der Waals surface area contributed by atoms with E-state index in [0.29, 0.717) is 6.10 Å². The zero-order chi connectivity index (χ0) is 9.80. The van der Waals surface area contributed by atoms with Gasteiger partial charge in [0, 0.05) is 12.6 Å². The predicted octanol–water partition coefficient (Wildman–Crippen LogP) is 2.71. The minimum Gasteiger partial charge on any atom is -0.378 e. The van der Waals surface area contributed by atoms with Crippen LogP contribution in [0, 0.1) is 0 Å². The number of nitrogens with two attached hydrogens (primary N) is 1. The molecule has 1 aromatic rings. The quantitative estimate of drug-likeness (QED) is 0.831. The van der Waals surface area contributed by atoms with Crippen molar-refractivity contribution >= 4 is 11.3 Å². The standard InChI is InChI=1S/C11H17NOS/c12-11(9-5-7-14-8-9)4-3-10-2-1-6-13-10/h5,7-8,10-11H,1-4,6,12H2. The molecule has 78 valence electrons. The third kappa shape index (κ3) is 2.56. The molecule has 0 aromatic carbocycles. The Morgan fingerprint density at radius 2 is 2.57 bits per heavy atom. The second-order valence-corrected chi connectivity index (χ2v) is 4.66. The lowest BCUT2D eigenvalue weighted by Crippen LogP contribution is -2.13. The maximum absolute atomic E-state index is 6.07. The Balaban J connectivity index is 1.74. The van der Waals surface area contributed by atoms with Gasteiger partial charge in [-0.2, -0.15) is 11.3 Å². The highest BCUT2D eigenvalue weighted by atomic mass is 32.1. The Kier molecular flexibility index (Phi) is 3.56. The number of thiophene rings is 1. The van der Waals surface area contributed by atoms with Gasteiger partial charge in [-0.05, 0) is 48.1 Å². The molecule has 0 saturated carbocycles.